The zero-order valence-corrected chi connectivity index (χ0v) is 21.1. The Labute approximate surface area is 219 Å². The SMILES string of the molecule is Cc1ccc([C@@H]2C(C(=O)c3ccco3)=C(O)C(=O)N2c2ncc(S(=O)(=O)c3ccc([N+](=O)[O-])cc3)s2)cc1. The molecule has 0 unspecified atom stereocenters. The van der Waals surface area contributed by atoms with Crippen molar-refractivity contribution in [2.24, 2.45) is 0 Å². The summed E-state index contributed by atoms with van der Waals surface area (Å²) in [6.45, 7) is 1.86. The molecular formula is C25H17N3O8S2. The molecule has 0 saturated heterocycles. The molecule has 1 aliphatic heterocycles. The number of rotatable bonds is 7. The lowest BCUT2D eigenvalue weighted by atomic mass is 9.95. The summed E-state index contributed by atoms with van der Waals surface area (Å²) in [7, 11) is -4.14. The molecule has 11 nitrogen and oxygen atoms in total. The van der Waals surface area contributed by atoms with Gasteiger partial charge in [0.25, 0.3) is 11.6 Å². The van der Waals surface area contributed by atoms with Crippen LogP contribution in [0, 0.1) is 17.0 Å². The predicted molar refractivity (Wildman–Crippen MR) is 135 cm³/mol. The highest BCUT2D eigenvalue weighted by Gasteiger charge is 2.46. The second-order valence-corrected chi connectivity index (χ2v) is 11.5. The molecule has 0 spiro atoms. The van der Waals surface area contributed by atoms with Crippen molar-refractivity contribution in [2.75, 3.05) is 4.90 Å². The number of ketones is 1. The van der Waals surface area contributed by atoms with Gasteiger partial charge in [-0.15, -0.1) is 0 Å². The number of nitro groups is 1. The number of carbonyl (C=O) groups excluding carboxylic acids is 2. The van der Waals surface area contributed by atoms with Crippen LogP contribution >= 0.6 is 11.3 Å². The van der Waals surface area contributed by atoms with Gasteiger partial charge >= 0.3 is 0 Å². The first-order valence-electron chi connectivity index (χ1n) is 11.0. The van der Waals surface area contributed by atoms with Crippen LogP contribution in [0.1, 0.15) is 27.7 Å². The molecule has 1 aliphatic rings. The molecule has 4 aromatic rings. The quantitative estimate of drug-likeness (QED) is 0.197. The number of amides is 1. The second-order valence-electron chi connectivity index (χ2n) is 8.27. The van der Waals surface area contributed by atoms with E-state index in [1.165, 1.54) is 18.4 Å². The van der Waals surface area contributed by atoms with Gasteiger partial charge < -0.3 is 9.52 Å². The second kappa shape index (κ2) is 9.36. The minimum absolute atomic E-state index is 0.0742. The van der Waals surface area contributed by atoms with Crippen LogP contribution in [0.5, 0.6) is 0 Å². The maximum absolute atomic E-state index is 13.3. The number of aryl methyl sites for hydroxylation is 1. The average Bonchev–Trinajstić information content (AvgIpc) is 3.65. The Kier molecular flexibility index (Phi) is 6.17. The molecule has 192 valence electrons. The molecule has 13 heteroatoms. The molecule has 2 aromatic carbocycles. The van der Waals surface area contributed by atoms with Crippen LogP contribution in [0.4, 0.5) is 10.8 Å². The normalized spacial score (nSPS) is 15.8. The van der Waals surface area contributed by atoms with Crippen molar-refractivity contribution in [1.29, 1.82) is 0 Å². The number of non-ortho nitro benzene ring substituents is 1. The van der Waals surface area contributed by atoms with Crippen molar-refractivity contribution in [3.05, 3.63) is 111 Å². The number of anilines is 1. The minimum Gasteiger partial charge on any atom is -0.503 e. The van der Waals surface area contributed by atoms with Gasteiger partial charge in [0.2, 0.25) is 15.6 Å². The van der Waals surface area contributed by atoms with Gasteiger partial charge in [0.1, 0.15) is 4.21 Å². The predicted octanol–water partition coefficient (Wildman–Crippen LogP) is 4.57. The third-order valence-corrected chi connectivity index (χ3v) is 9.12. The fourth-order valence-electron chi connectivity index (χ4n) is 3.99. The number of sulfone groups is 1. The van der Waals surface area contributed by atoms with Crippen LogP contribution in [0.3, 0.4) is 0 Å². The molecule has 0 saturated carbocycles. The van der Waals surface area contributed by atoms with Gasteiger partial charge in [0.15, 0.2) is 16.7 Å². The summed E-state index contributed by atoms with van der Waals surface area (Å²) in [5, 5.41) is 21.6. The lowest BCUT2D eigenvalue weighted by Gasteiger charge is -2.24. The van der Waals surface area contributed by atoms with E-state index in [9.17, 15) is 33.2 Å². The summed E-state index contributed by atoms with van der Waals surface area (Å²) in [6, 6.07) is 13.1. The molecular weight excluding hydrogens is 534 g/mol. The standard InChI is InChI=1S/C25H17N3O8S2/c1-14-4-6-15(7-5-14)21-20(22(29)18-3-2-12-36-18)23(30)24(31)27(21)25-26-13-19(37-25)38(34,35)17-10-8-16(9-11-17)28(32)33/h2-13,21,30H,1H3/t21-/m1/s1. The lowest BCUT2D eigenvalue weighted by molar-refractivity contribution is -0.384. The van der Waals surface area contributed by atoms with E-state index in [-0.39, 0.29) is 31.3 Å². The zero-order valence-electron chi connectivity index (χ0n) is 19.5. The van der Waals surface area contributed by atoms with E-state index < -0.39 is 38.3 Å². The molecule has 3 heterocycles. The van der Waals surface area contributed by atoms with Crippen molar-refractivity contribution in [3.8, 4) is 0 Å². The number of aliphatic hydroxyl groups excluding tert-OH is 1. The number of nitrogens with zero attached hydrogens (tertiary/aromatic N) is 3. The molecule has 0 fully saturated rings. The highest BCUT2D eigenvalue weighted by molar-refractivity contribution is 7.93. The molecule has 1 atom stereocenters. The smallest absolute Gasteiger partial charge is 0.296 e. The van der Waals surface area contributed by atoms with Crippen LogP contribution in [0.2, 0.25) is 0 Å². The number of aliphatic hydroxyl groups is 1. The van der Waals surface area contributed by atoms with E-state index in [0.29, 0.717) is 16.9 Å². The minimum atomic E-state index is -4.14. The number of nitro benzene ring substituents is 1. The Morgan fingerprint density at radius 1 is 1.13 bits per heavy atom. The molecule has 1 N–H and O–H groups in total. The topological polar surface area (TPSA) is 161 Å². The third-order valence-electron chi connectivity index (χ3n) is 5.89. The number of hydrogen-bond acceptors (Lipinski definition) is 10. The van der Waals surface area contributed by atoms with E-state index >= 15 is 0 Å². The number of hydrogen-bond donors (Lipinski definition) is 1. The van der Waals surface area contributed by atoms with E-state index in [1.807, 2.05) is 6.92 Å². The van der Waals surface area contributed by atoms with E-state index in [4.69, 9.17) is 4.42 Å². The number of carbonyl (C=O) groups is 2. The summed E-state index contributed by atoms with van der Waals surface area (Å²) >= 11 is 0.661. The maximum Gasteiger partial charge on any atom is 0.296 e. The number of aromatic nitrogens is 1. The van der Waals surface area contributed by atoms with Gasteiger partial charge in [-0.3, -0.25) is 24.6 Å². The van der Waals surface area contributed by atoms with Gasteiger partial charge in [0, 0.05) is 12.1 Å². The lowest BCUT2D eigenvalue weighted by Crippen LogP contribution is -2.30. The Morgan fingerprint density at radius 2 is 1.82 bits per heavy atom. The first kappa shape index (κ1) is 25.0. The van der Waals surface area contributed by atoms with Crippen molar-refractivity contribution in [2.45, 2.75) is 22.1 Å². The monoisotopic (exact) mass is 551 g/mol. The Hall–Kier alpha value is -4.62. The van der Waals surface area contributed by atoms with Crippen molar-refractivity contribution in [3.63, 3.8) is 0 Å². The Balaban J connectivity index is 1.57. The number of thiazole rings is 1. The summed E-state index contributed by atoms with van der Waals surface area (Å²) in [5.41, 5.74) is 0.900. The van der Waals surface area contributed by atoms with E-state index in [0.717, 1.165) is 40.9 Å². The molecule has 1 amide bonds. The number of Topliss-reactive ketones (excluding diaryl/α,β-unsaturated/α-hetero) is 1. The fourth-order valence-corrected chi connectivity index (χ4v) is 6.54. The van der Waals surface area contributed by atoms with Crippen LogP contribution < -0.4 is 4.90 Å². The van der Waals surface area contributed by atoms with Crippen LogP contribution in [-0.4, -0.2) is 35.1 Å². The molecule has 2 aromatic heterocycles. The molecule has 38 heavy (non-hydrogen) atoms. The van der Waals surface area contributed by atoms with Gasteiger partial charge in [-0.25, -0.2) is 13.4 Å². The molecule has 0 aliphatic carbocycles. The zero-order chi connectivity index (χ0) is 27.2. The van der Waals surface area contributed by atoms with Gasteiger partial charge in [0.05, 0.1) is 33.9 Å². The maximum atomic E-state index is 13.3. The molecule has 0 bridgehead atoms. The summed E-state index contributed by atoms with van der Waals surface area (Å²) < 4.78 is 31.3. The largest absolute Gasteiger partial charge is 0.503 e. The average molecular weight is 552 g/mol. The number of benzene rings is 2. The highest BCUT2D eigenvalue weighted by Crippen LogP contribution is 2.44. The first-order chi connectivity index (χ1) is 18.1. The van der Waals surface area contributed by atoms with E-state index in [1.54, 1.807) is 24.3 Å². The summed E-state index contributed by atoms with van der Waals surface area (Å²) in [4.78, 5) is 41.8. The van der Waals surface area contributed by atoms with Crippen LogP contribution in [-0.2, 0) is 14.6 Å². The highest BCUT2D eigenvalue weighted by atomic mass is 32.2. The van der Waals surface area contributed by atoms with Crippen molar-refractivity contribution >= 4 is 43.7 Å². The van der Waals surface area contributed by atoms with Gasteiger partial charge in [-0.1, -0.05) is 41.2 Å². The Morgan fingerprint density at radius 3 is 2.42 bits per heavy atom. The number of furan rings is 1. The summed E-state index contributed by atoms with van der Waals surface area (Å²) in [5.74, 6) is -2.52. The molecule has 5 rings (SSSR count). The summed E-state index contributed by atoms with van der Waals surface area (Å²) in [6.07, 6.45) is 2.34. The fraction of sp³-hybridized carbons (Fsp3) is 0.0800. The van der Waals surface area contributed by atoms with Gasteiger partial charge in [-0.05, 0) is 36.8 Å². The van der Waals surface area contributed by atoms with Gasteiger partial charge in [-0.2, -0.15) is 0 Å². The first-order valence-corrected chi connectivity index (χ1v) is 13.3. The van der Waals surface area contributed by atoms with Crippen LogP contribution in [0.25, 0.3) is 0 Å². The van der Waals surface area contributed by atoms with Crippen LogP contribution in [0.15, 0.2) is 98.0 Å². The third kappa shape index (κ3) is 4.17. The molecule has 0 radical (unpaired) electrons. The van der Waals surface area contributed by atoms with Crippen molar-refractivity contribution in [1.82, 2.24) is 4.98 Å². The van der Waals surface area contributed by atoms with E-state index in [2.05, 4.69) is 4.98 Å². The van der Waals surface area contributed by atoms with Crippen molar-refractivity contribution < 1.29 is 32.5 Å². The Bertz CT molecular complexity index is 1700.